The molecule has 16 heavy (non-hydrogen) atoms. The summed E-state index contributed by atoms with van der Waals surface area (Å²) >= 11 is 5.15. The van der Waals surface area contributed by atoms with Gasteiger partial charge in [0.1, 0.15) is 0 Å². The van der Waals surface area contributed by atoms with Crippen molar-refractivity contribution in [1.82, 2.24) is 4.90 Å². The lowest BCUT2D eigenvalue weighted by Gasteiger charge is -2.34. The Morgan fingerprint density at radius 3 is 2.56 bits per heavy atom. The van der Waals surface area contributed by atoms with Crippen LogP contribution in [0.15, 0.2) is 15.9 Å². The van der Waals surface area contributed by atoms with Crippen LogP contribution in [0.2, 0.25) is 0 Å². The number of aliphatic hydroxyl groups excluding tert-OH is 1. The fraction of sp³-hybridized carbons (Fsp3) is 0.636. The second-order valence-electron chi connectivity index (χ2n) is 4.17. The van der Waals surface area contributed by atoms with Crippen LogP contribution >= 0.6 is 27.3 Å². The van der Waals surface area contributed by atoms with Crippen molar-refractivity contribution in [2.75, 3.05) is 13.7 Å². The maximum atomic E-state index is 9.20. The third-order valence-electron chi connectivity index (χ3n) is 2.78. The molecule has 1 aromatic heterocycles. The van der Waals surface area contributed by atoms with Crippen molar-refractivity contribution in [2.24, 2.45) is 5.73 Å². The molecule has 0 aliphatic rings. The summed E-state index contributed by atoms with van der Waals surface area (Å²) in [6, 6.07) is 2.39. The standard InChI is InChI=1S/C11H19BrN2OS/c1-7(5-15)14(3)11(8(2)13)10-4-9(12)6-16-10/h4,6-8,11,15H,5,13H2,1-3H3. The van der Waals surface area contributed by atoms with Crippen molar-refractivity contribution < 1.29 is 5.11 Å². The summed E-state index contributed by atoms with van der Waals surface area (Å²) < 4.78 is 1.09. The lowest BCUT2D eigenvalue weighted by molar-refractivity contribution is 0.111. The van der Waals surface area contributed by atoms with Gasteiger partial charge < -0.3 is 10.8 Å². The molecule has 0 fully saturated rings. The summed E-state index contributed by atoms with van der Waals surface area (Å²) in [7, 11) is 2.00. The van der Waals surface area contributed by atoms with Crippen molar-refractivity contribution in [3.63, 3.8) is 0 Å². The zero-order valence-corrected chi connectivity index (χ0v) is 12.3. The summed E-state index contributed by atoms with van der Waals surface area (Å²) in [6.07, 6.45) is 0. The van der Waals surface area contributed by atoms with E-state index in [-0.39, 0.29) is 24.7 Å². The predicted octanol–water partition coefficient (Wildman–Crippen LogP) is 2.21. The summed E-state index contributed by atoms with van der Waals surface area (Å²) in [5.41, 5.74) is 6.04. The number of thiophene rings is 1. The van der Waals surface area contributed by atoms with Gasteiger partial charge in [0, 0.05) is 26.8 Å². The van der Waals surface area contributed by atoms with E-state index in [1.54, 1.807) is 11.3 Å². The molecular formula is C11H19BrN2OS. The maximum absolute atomic E-state index is 9.20. The average Bonchev–Trinajstić information content (AvgIpc) is 2.63. The fourth-order valence-electron chi connectivity index (χ4n) is 1.72. The molecule has 0 radical (unpaired) electrons. The van der Waals surface area contributed by atoms with Crippen molar-refractivity contribution in [3.8, 4) is 0 Å². The van der Waals surface area contributed by atoms with Gasteiger partial charge in [-0.3, -0.25) is 4.90 Å². The Morgan fingerprint density at radius 1 is 1.56 bits per heavy atom. The van der Waals surface area contributed by atoms with Gasteiger partial charge in [0.25, 0.3) is 0 Å². The highest BCUT2D eigenvalue weighted by Gasteiger charge is 2.25. The van der Waals surface area contributed by atoms with E-state index in [1.165, 1.54) is 4.88 Å². The molecule has 0 aromatic carbocycles. The lowest BCUT2D eigenvalue weighted by atomic mass is 10.1. The highest BCUT2D eigenvalue weighted by molar-refractivity contribution is 9.10. The van der Waals surface area contributed by atoms with Crippen LogP contribution in [0.1, 0.15) is 24.8 Å². The Balaban J connectivity index is 2.91. The second kappa shape index (κ2) is 6.12. The van der Waals surface area contributed by atoms with Gasteiger partial charge in [-0.05, 0) is 42.9 Å². The Hall–Kier alpha value is 0.0600. The van der Waals surface area contributed by atoms with Crippen LogP contribution in [0.3, 0.4) is 0 Å². The lowest BCUT2D eigenvalue weighted by Crippen LogP contribution is -2.42. The molecule has 3 N–H and O–H groups in total. The molecule has 3 atom stereocenters. The fourth-order valence-corrected chi connectivity index (χ4v) is 3.43. The van der Waals surface area contributed by atoms with E-state index in [1.807, 2.05) is 20.9 Å². The van der Waals surface area contributed by atoms with Gasteiger partial charge in [-0.25, -0.2) is 0 Å². The highest BCUT2D eigenvalue weighted by atomic mass is 79.9. The van der Waals surface area contributed by atoms with Gasteiger partial charge in [0.2, 0.25) is 0 Å². The molecule has 3 nitrogen and oxygen atoms in total. The number of nitrogens with zero attached hydrogens (tertiary/aromatic N) is 1. The molecule has 0 aliphatic heterocycles. The third kappa shape index (κ3) is 3.28. The van der Waals surface area contributed by atoms with Gasteiger partial charge in [-0.2, -0.15) is 0 Å². The molecule has 0 aliphatic carbocycles. The summed E-state index contributed by atoms with van der Waals surface area (Å²) in [4.78, 5) is 3.35. The van der Waals surface area contributed by atoms with Crippen LogP contribution in [0.4, 0.5) is 0 Å². The Kier molecular flexibility index (Phi) is 5.40. The minimum atomic E-state index is 0.0320. The molecule has 1 rings (SSSR count). The minimum Gasteiger partial charge on any atom is -0.395 e. The molecular weight excluding hydrogens is 288 g/mol. The first-order chi connectivity index (χ1) is 7.47. The zero-order chi connectivity index (χ0) is 12.3. The normalized spacial score (nSPS) is 17.4. The van der Waals surface area contributed by atoms with Crippen LogP contribution in [-0.2, 0) is 0 Å². The largest absolute Gasteiger partial charge is 0.395 e. The van der Waals surface area contributed by atoms with Gasteiger partial charge >= 0.3 is 0 Å². The minimum absolute atomic E-state index is 0.0320. The average molecular weight is 307 g/mol. The van der Waals surface area contributed by atoms with Crippen LogP contribution in [0.5, 0.6) is 0 Å². The van der Waals surface area contributed by atoms with Gasteiger partial charge in [-0.15, -0.1) is 11.3 Å². The van der Waals surface area contributed by atoms with E-state index in [0.29, 0.717) is 0 Å². The molecule has 0 spiro atoms. The van der Waals surface area contributed by atoms with Crippen LogP contribution in [0.25, 0.3) is 0 Å². The van der Waals surface area contributed by atoms with Crippen molar-refractivity contribution in [2.45, 2.75) is 32.0 Å². The van der Waals surface area contributed by atoms with E-state index in [2.05, 4.69) is 32.3 Å². The van der Waals surface area contributed by atoms with Crippen molar-refractivity contribution in [3.05, 3.63) is 20.8 Å². The van der Waals surface area contributed by atoms with Gasteiger partial charge in [0.15, 0.2) is 0 Å². The number of hydrogen-bond donors (Lipinski definition) is 2. The second-order valence-corrected chi connectivity index (χ2v) is 6.03. The first-order valence-corrected chi connectivity index (χ1v) is 6.97. The van der Waals surface area contributed by atoms with E-state index in [0.717, 1.165) is 4.47 Å². The zero-order valence-electron chi connectivity index (χ0n) is 9.85. The number of halogens is 1. The quantitative estimate of drug-likeness (QED) is 0.877. The van der Waals surface area contributed by atoms with Gasteiger partial charge in [0.05, 0.1) is 12.6 Å². The molecule has 92 valence electrons. The smallest absolute Gasteiger partial charge is 0.0591 e. The van der Waals surface area contributed by atoms with Crippen LogP contribution in [0, 0.1) is 0 Å². The molecule has 0 saturated heterocycles. The molecule has 5 heteroatoms. The molecule has 1 aromatic rings. The molecule has 3 unspecified atom stereocenters. The van der Waals surface area contributed by atoms with Crippen molar-refractivity contribution in [1.29, 1.82) is 0 Å². The third-order valence-corrected chi connectivity index (χ3v) is 4.54. The first-order valence-electron chi connectivity index (χ1n) is 5.29. The van der Waals surface area contributed by atoms with Crippen molar-refractivity contribution >= 4 is 27.3 Å². The SMILES string of the molecule is CC(N)C(c1cc(Br)cs1)N(C)C(C)CO. The number of aliphatic hydroxyl groups is 1. The summed E-state index contributed by atoms with van der Waals surface area (Å²) in [5, 5.41) is 11.3. The van der Waals surface area contributed by atoms with Gasteiger partial charge in [-0.1, -0.05) is 0 Å². The maximum Gasteiger partial charge on any atom is 0.0591 e. The summed E-state index contributed by atoms with van der Waals surface area (Å²) in [6.45, 7) is 4.14. The number of likely N-dealkylation sites (N-methyl/N-ethyl adjacent to an activating group) is 1. The van der Waals surface area contributed by atoms with E-state index in [9.17, 15) is 5.11 Å². The molecule has 0 bridgehead atoms. The number of hydrogen-bond acceptors (Lipinski definition) is 4. The first kappa shape index (κ1) is 14.1. The predicted molar refractivity (Wildman–Crippen MR) is 72.7 cm³/mol. The highest BCUT2D eigenvalue weighted by Crippen LogP contribution is 2.31. The van der Waals surface area contributed by atoms with E-state index < -0.39 is 0 Å². The summed E-state index contributed by atoms with van der Waals surface area (Å²) in [5.74, 6) is 0. The van der Waals surface area contributed by atoms with E-state index in [4.69, 9.17) is 5.73 Å². The Bertz CT molecular complexity index is 330. The van der Waals surface area contributed by atoms with Crippen LogP contribution in [-0.4, -0.2) is 35.7 Å². The van der Waals surface area contributed by atoms with E-state index >= 15 is 0 Å². The molecule has 0 saturated carbocycles. The Morgan fingerprint density at radius 2 is 2.19 bits per heavy atom. The topological polar surface area (TPSA) is 49.5 Å². The number of nitrogens with two attached hydrogens (primary N) is 1. The Labute approximate surface area is 109 Å². The molecule has 0 amide bonds. The number of rotatable bonds is 5. The van der Waals surface area contributed by atoms with Crippen LogP contribution < -0.4 is 5.73 Å². The molecule has 1 heterocycles. The monoisotopic (exact) mass is 306 g/mol.